The van der Waals surface area contributed by atoms with Gasteiger partial charge in [0.1, 0.15) is 0 Å². The summed E-state index contributed by atoms with van der Waals surface area (Å²) in [6, 6.07) is 7.87. The molecule has 2 rings (SSSR count). The lowest BCUT2D eigenvalue weighted by Gasteiger charge is -2.20. The summed E-state index contributed by atoms with van der Waals surface area (Å²) < 4.78 is 1.06. The van der Waals surface area contributed by atoms with E-state index >= 15 is 0 Å². The number of hydrogen-bond acceptors (Lipinski definition) is 3. The maximum atomic E-state index is 12.3. The van der Waals surface area contributed by atoms with E-state index in [0.717, 1.165) is 15.6 Å². The Balaban J connectivity index is 2.55. The van der Waals surface area contributed by atoms with E-state index in [1.54, 1.807) is 11.3 Å². The van der Waals surface area contributed by atoms with E-state index in [9.17, 15) is 4.79 Å². The van der Waals surface area contributed by atoms with Crippen molar-refractivity contribution in [1.82, 2.24) is 0 Å². The Kier molecular flexibility index (Phi) is 2.82. The minimum Gasteiger partial charge on any atom is -0.329 e. The van der Waals surface area contributed by atoms with Crippen LogP contribution in [0.2, 0.25) is 0 Å². The number of hydrogen-bond donors (Lipinski definition) is 1. The fourth-order valence-corrected chi connectivity index (χ4v) is 2.54. The lowest BCUT2D eigenvalue weighted by Crippen LogP contribution is -2.32. The van der Waals surface area contributed by atoms with Crippen LogP contribution in [0.4, 0.5) is 0 Å². The fourth-order valence-electron chi connectivity index (χ4n) is 1.63. The van der Waals surface area contributed by atoms with Gasteiger partial charge in [0.25, 0.3) is 0 Å². The zero-order valence-corrected chi connectivity index (χ0v) is 10.3. The van der Waals surface area contributed by atoms with Crippen LogP contribution >= 0.6 is 11.3 Å². The van der Waals surface area contributed by atoms with Gasteiger partial charge in [0.05, 0.1) is 0 Å². The van der Waals surface area contributed by atoms with E-state index in [0.29, 0.717) is 6.54 Å². The van der Waals surface area contributed by atoms with Crippen LogP contribution in [-0.2, 0) is 0 Å². The van der Waals surface area contributed by atoms with Gasteiger partial charge in [-0.2, -0.15) is 0 Å². The van der Waals surface area contributed by atoms with Gasteiger partial charge >= 0.3 is 0 Å². The van der Waals surface area contributed by atoms with Crippen molar-refractivity contribution < 1.29 is 4.79 Å². The Bertz CT molecular complexity index is 527. The van der Waals surface area contributed by atoms with Gasteiger partial charge in [-0.25, -0.2) is 0 Å². The summed E-state index contributed by atoms with van der Waals surface area (Å²) in [5, 5.41) is 3.14. The van der Waals surface area contributed by atoms with Gasteiger partial charge in [0.15, 0.2) is 5.78 Å². The number of carbonyl (C=O) groups excluding carboxylic acids is 1. The summed E-state index contributed by atoms with van der Waals surface area (Å²) in [5.41, 5.74) is 5.95. The second kappa shape index (κ2) is 4.00. The molecule has 0 atom stereocenters. The van der Waals surface area contributed by atoms with Crippen molar-refractivity contribution in [2.75, 3.05) is 6.54 Å². The van der Waals surface area contributed by atoms with Gasteiger partial charge in [0, 0.05) is 22.2 Å². The number of benzene rings is 1. The normalized spacial score (nSPS) is 11.9. The number of nitrogens with two attached hydrogens (primary N) is 1. The van der Waals surface area contributed by atoms with Crippen LogP contribution in [0, 0.1) is 5.41 Å². The smallest absolute Gasteiger partial charge is 0.171 e. The molecule has 0 aliphatic carbocycles. The fraction of sp³-hybridized carbons (Fsp3) is 0.308. The summed E-state index contributed by atoms with van der Waals surface area (Å²) in [7, 11) is 0. The van der Waals surface area contributed by atoms with Crippen LogP contribution in [0.5, 0.6) is 0 Å². The molecule has 2 aromatic rings. The highest BCUT2D eigenvalue weighted by molar-refractivity contribution is 7.17. The molecule has 2 nitrogen and oxygen atoms in total. The van der Waals surface area contributed by atoms with Crippen molar-refractivity contribution in [3.8, 4) is 0 Å². The molecule has 0 aliphatic heterocycles. The molecule has 0 amide bonds. The summed E-state index contributed by atoms with van der Waals surface area (Å²) >= 11 is 1.61. The molecule has 0 radical (unpaired) electrons. The minimum absolute atomic E-state index is 0.128. The van der Waals surface area contributed by atoms with Crippen molar-refractivity contribution in [2.45, 2.75) is 13.8 Å². The number of carbonyl (C=O) groups is 1. The van der Waals surface area contributed by atoms with Crippen molar-refractivity contribution in [3.63, 3.8) is 0 Å². The molecule has 3 heteroatoms. The molecule has 0 bridgehead atoms. The Morgan fingerprint density at radius 1 is 1.38 bits per heavy atom. The summed E-state index contributed by atoms with van der Waals surface area (Å²) in [6.45, 7) is 4.15. The number of Topliss-reactive ketones (excluding diaryl/α,β-unsaturated/α-hetero) is 1. The molecule has 1 aromatic carbocycles. The highest BCUT2D eigenvalue weighted by Gasteiger charge is 2.28. The highest BCUT2D eigenvalue weighted by atomic mass is 32.1. The minimum atomic E-state index is -0.488. The average Bonchev–Trinajstić information content (AvgIpc) is 2.75. The molecule has 0 saturated carbocycles. The third-order valence-electron chi connectivity index (χ3n) is 2.85. The molecule has 1 heterocycles. The Hall–Kier alpha value is -1.19. The number of thiophene rings is 1. The summed E-state index contributed by atoms with van der Waals surface area (Å²) in [4.78, 5) is 12.3. The zero-order chi connectivity index (χ0) is 11.8. The largest absolute Gasteiger partial charge is 0.329 e. The van der Waals surface area contributed by atoms with Crippen molar-refractivity contribution in [2.24, 2.45) is 11.1 Å². The summed E-state index contributed by atoms with van der Waals surface area (Å²) in [6.07, 6.45) is 0. The van der Waals surface area contributed by atoms with Crippen molar-refractivity contribution in [3.05, 3.63) is 35.2 Å². The van der Waals surface area contributed by atoms with E-state index in [-0.39, 0.29) is 5.78 Å². The number of ketones is 1. The molecule has 16 heavy (non-hydrogen) atoms. The maximum absolute atomic E-state index is 12.3. The van der Waals surface area contributed by atoms with E-state index in [1.165, 1.54) is 0 Å². The molecule has 0 unspecified atom stereocenters. The van der Waals surface area contributed by atoms with E-state index < -0.39 is 5.41 Å². The molecular weight excluding hydrogens is 218 g/mol. The third-order valence-corrected chi connectivity index (χ3v) is 3.81. The predicted octanol–water partition coefficient (Wildman–Crippen LogP) is 3.07. The topological polar surface area (TPSA) is 43.1 Å². The monoisotopic (exact) mass is 233 g/mol. The van der Waals surface area contributed by atoms with Gasteiger partial charge in [-0.3, -0.25) is 4.79 Å². The lowest BCUT2D eigenvalue weighted by molar-refractivity contribution is 0.0849. The van der Waals surface area contributed by atoms with E-state index in [1.807, 2.05) is 43.5 Å². The van der Waals surface area contributed by atoms with Crippen LogP contribution < -0.4 is 5.73 Å². The first kappa shape index (κ1) is 11.3. The van der Waals surface area contributed by atoms with Gasteiger partial charge < -0.3 is 5.73 Å². The molecule has 0 saturated heterocycles. The first-order valence-corrected chi connectivity index (χ1v) is 6.15. The second-order valence-corrected chi connectivity index (χ2v) is 5.48. The Labute approximate surface area is 99.1 Å². The van der Waals surface area contributed by atoms with Crippen LogP contribution in [0.15, 0.2) is 29.6 Å². The quantitative estimate of drug-likeness (QED) is 0.828. The van der Waals surface area contributed by atoms with Gasteiger partial charge in [-0.1, -0.05) is 26.0 Å². The zero-order valence-electron chi connectivity index (χ0n) is 9.49. The van der Waals surface area contributed by atoms with Gasteiger partial charge in [-0.05, 0) is 22.9 Å². The maximum Gasteiger partial charge on any atom is 0.171 e. The summed E-state index contributed by atoms with van der Waals surface area (Å²) in [5.74, 6) is 0.128. The lowest BCUT2D eigenvalue weighted by atomic mass is 9.84. The molecule has 2 N–H and O–H groups in total. The first-order valence-electron chi connectivity index (χ1n) is 5.27. The van der Waals surface area contributed by atoms with E-state index in [4.69, 9.17) is 5.73 Å². The molecule has 0 aliphatic rings. The third kappa shape index (κ3) is 1.77. The highest BCUT2D eigenvalue weighted by Crippen LogP contribution is 2.29. The van der Waals surface area contributed by atoms with Gasteiger partial charge in [-0.15, -0.1) is 11.3 Å². The van der Waals surface area contributed by atoms with Crippen LogP contribution in [0.25, 0.3) is 10.1 Å². The molecule has 1 aromatic heterocycles. The average molecular weight is 233 g/mol. The standard InChI is InChI=1S/C13H15NOS/c1-13(2,8-14)12(15)10-5-3-4-9-6-7-16-11(9)10/h3-7H,8,14H2,1-2H3. The second-order valence-electron chi connectivity index (χ2n) is 4.56. The van der Waals surface area contributed by atoms with Gasteiger partial charge in [0.2, 0.25) is 0 Å². The van der Waals surface area contributed by atoms with Crippen molar-refractivity contribution in [1.29, 1.82) is 0 Å². The van der Waals surface area contributed by atoms with Crippen LogP contribution in [-0.4, -0.2) is 12.3 Å². The van der Waals surface area contributed by atoms with E-state index in [2.05, 4.69) is 0 Å². The van der Waals surface area contributed by atoms with Crippen LogP contribution in [0.1, 0.15) is 24.2 Å². The molecule has 0 fully saturated rings. The van der Waals surface area contributed by atoms with Crippen molar-refractivity contribution >= 4 is 27.2 Å². The van der Waals surface area contributed by atoms with Crippen LogP contribution in [0.3, 0.4) is 0 Å². The Morgan fingerprint density at radius 2 is 2.12 bits per heavy atom. The predicted molar refractivity (Wildman–Crippen MR) is 69.0 cm³/mol. The SMILES string of the molecule is CC(C)(CN)C(=O)c1cccc2ccsc12. The number of rotatable bonds is 3. The molecule has 0 spiro atoms. The Morgan fingerprint density at radius 3 is 2.81 bits per heavy atom. The first-order chi connectivity index (χ1) is 7.56. The molecule has 84 valence electrons. The molecular formula is C13H15NOS. The number of fused-ring (bicyclic) bond motifs is 1.